The molecule has 0 aliphatic heterocycles. The molecule has 0 fully saturated rings. The molecule has 0 amide bonds. The highest BCUT2D eigenvalue weighted by molar-refractivity contribution is 7.84. The number of hydrogen-bond acceptors (Lipinski definition) is 2. The summed E-state index contributed by atoms with van der Waals surface area (Å²) in [5.74, 6) is -0.336. The van der Waals surface area contributed by atoms with Crippen molar-refractivity contribution in [2.45, 2.75) is 18.7 Å². The van der Waals surface area contributed by atoms with Crippen LogP contribution in [0, 0.1) is 5.82 Å². The van der Waals surface area contributed by atoms with Crippen LogP contribution in [0.2, 0.25) is 5.02 Å². The Hall–Kier alpha value is -0.450. The second-order valence-electron chi connectivity index (χ2n) is 3.68. The van der Waals surface area contributed by atoms with Crippen molar-refractivity contribution >= 4 is 22.4 Å². The van der Waals surface area contributed by atoms with Crippen LogP contribution < -0.4 is 5.32 Å². The van der Waals surface area contributed by atoms with Crippen LogP contribution in [0.3, 0.4) is 0 Å². The van der Waals surface area contributed by atoms with E-state index in [4.69, 9.17) is 11.6 Å². The maximum absolute atomic E-state index is 12.8. The van der Waals surface area contributed by atoms with Crippen molar-refractivity contribution in [3.05, 3.63) is 34.6 Å². The van der Waals surface area contributed by atoms with Crippen LogP contribution in [0.25, 0.3) is 0 Å². The van der Waals surface area contributed by atoms with E-state index in [0.717, 1.165) is 5.56 Å². The summed E-state index contributed by atoms with van der Waals surface area (Å²) in [4.78, 5) is 0. The lowest BCUT2D eigenvalue weighted by Crippen LogP contribution is -2.27. The number of hydrogen-bond donors (Lipinski definition) is 1. The first-order valence-electron chi connectivity index (χ1n) is 4.97. The Morgan fingerprint density at radius 3 is 2.81 bits per heavy atom. The average molecular weight is 264 g/mol. The third-order valence-corrected chi connectivity index (χ3v) is 3.98. The molecular formula is C11H15ClFNOS. The number of benzene rings is 1. The summed E-state index contributed by atoms with van der Waals surface area (Å²) < 4.78 is 23.9. The van der Waals surface area contributed by atoms with Gasteiger partial charge < -0.3 is 5.32 Å². The molecular weight excluding hydrogens is 249 g/mol. The van der Waals surface area contributed by atoms with E-state index in [1.807, 2.05) is 6.92 Å². The van der Waals surface area contributed by atoms with Gasteiger partial charge in [-0.05, 0) is 24.6 Å². The van der Waals surface area contributed by atoms with E-state index in [1.54, 1.807) is 12.3 Å². The first-order valence-corrected chi connectivity index (χ1v) is 6.97. The normalized spacial score (nSPS) is 14.8. The van der Waals surface area contributed by atoms with Gasteiger partial charge in [0.2, 0.25) is 0 Å². The van der Waals surface area contributed by atoms with Crippen LogP contribution in [-0.4, -0.2) is 22.3 Å². The lowest BCUT2D eigenvalue weighted by Gasteiger charge is -2.10. The largest absolute Gasteiger partial charge is 0.311 e. The Morgan fingerprint density at radius 2 is 2.25 bits per heavy atom. The van der Waals surface area contributed by atoms with E-state index < -0.39 is 10.8 Å². The van der Waals surface area contributed by atoms with E-state index in [-0.39, 0.29) is 11.1 Å². The molecule has 2 unspecified atom stereocenters. The lowest BCUT2D eigenvalue weighted by atomic mass is 10.2. The molecule has 0 saturated carbocycles. The molecule has 2 nitrogen and oxygen atoms in total. The summed E-state index contributed by atoms with van der Waals surface area (Å²) in [6, 6.07) is 4.32. The van der Waals surface area contributed by atoms with Crippen molar-refractivity contribution in [2.75, 3.05) is 12.8 Å². The fourth-order valence-corrected chi connectivity index (χ4v) is 1.78. The van der Waals surface area contributed by atoms with Crippen LogP contribution in [0.4, 0.5) is 4.39 Å². The van der Waals surface area contributed by atoms with Gasteiger partial charge in [-0.3, -0.25) is 4.21 Å². The Kier molecular flexibility index (Phi) is 5.38. The van der Waals surface area contributed by atoms with Gasteiger partial charge in [0.1, 0.15) is 5.82 Å². The van der Waals surface area contributed by atoms with E-state index >= 15 is 0 Å². The fraction of sp³-hybridized carbons (Fsp3) is 0.455. The molecule has 0 aromatic heterocycles. The summed E-state index contributed by atoms with van der Waals surface area (Å²) in [5, 5.41) is 3.65. The molecule has 0 aliphatic carbocycles. The molecule has 0 bridgehead atoms. The molecule has 0 radical (unpaired) electrons. The van der Waals surface area contributed by atoms with Gasteiger partial charge in [-0.15, -0.1) is 0 Å². The van der Waals surface area contributed by atoms with Crippen LogP contribution in [-0.2, 0) is 17.3 Å². The molecule has 1 aromatic carbocycles. The summed E-state index contributed by atoms with van der Waals surface area (Å²) in [6.07, 6.45) is 1.68. The predicted octanol–water partition coefficient (Wildman–Crippen LogP) is 2.34. The van der Waals surface area contributed by atoms with Crippen molar-refractivity contribution in [3.63, 3.8) is 0 Å². The Morgan fingerprint density at radius 1 is 1.56 bits per heavy atom. The standard InChI is InChI=1S/C11H15ClFNOS/c1-8(16(2)15)6-14-7-9-3-4-10(13)5-11(9)12/h3-5,8,14H,6-7H2,1-2H3. The van der Waals surface area contributed by atoms with Gasteiger partial charge >= 0.3 is 0 Å². The monoisotopic (exact) mass is 263 g/mol. The zero-order valence-electron chi connectivity index (χ0n) is 9.30. The maximum Gasteiger partial charge on any atom is 0.124 e. The molecule has 1 N–H and O–H groups in total. The van der Waals surface area contributed by atoms with E-state index in [2.05, 4.69) is 5.32 Å². The highest BCUT2D eigenvalue weighted by atomic mass is 35.5. The van der Waals surface area contributed by atoms with E-state index in [1.165, 1.54) is 12.1 Å². The zero-order valence-corrected chi connectivity index (χ0v) is 10.9. The van der Waals surface area contributed by atoms with Crippen LogP contribution >= 0.6 is 11.6 Å². The van der Waals surface area contributed by atoms with Crippen LogP contribution in [0.15, 0.2) is 18.2 Å². The fourth-order valence-electron chi connectivity index (χ4n) is 1.19. The predicted molar refractivity (Wildman–Crippen MR) is 66.6 cm³/mol. The van der Waals surface area contributed by atoms with Gasteiger partial charge in [-0.25, -0.2) is 4.39 Å². The Bertz CT molecular complexity index is 386. The maximum atomic E-state index is 12.8. The van der Waals surface area contributed by atoms with Gasteiger partial charge in [0.25, 0.3) is 0 Å². The minimum absolute atomic E-state index is 0.0965. The summed E-state index contributed by atoms with van der Waals surface area (Å²) >= 11 is 5.87. The highest BCUT2D eigenvalue weighted by Gasteiger charge is 2.06. The summed E-state index contributed by atoms with van der Waals surface area (Å²) in [6.45, 7) is 3.12. The molecule has 1 rings (SSSR count). The quantitative estimate of drug-likeness (QED) is 0.884. The van der Waals surface area contributed by atoms with Crippen molar-refractivity contribution in [1.82, 2.24) is 5.32 Å². The van der Waals surface area contributed by atoms with Crippen molar-refractivity contribution in [1.29, 1.82) is 0 Å². The van der Waals surface area contributed by atoms with Crippen molar-refractivity contribution < 1.29 is 8.60 Å². The highest BCUT2D eigenvalue weighted by Crippen LogP contribution is 2.16. The first-order chi connectivity index (χ1) is 7.50. The molecule has 0 spiro atoms. The van der Waals surface area contributed by atoms with Gasteiger partial charge in [0, 0.05) is 40.4 Å². The SMILES string of the molecule is CC(CNCc1ccc(F)cc1Cl)S(C)=O. The van der Waals surface area contributed by atoms with Gasteiger partial charge in [-0.2, -0.15) is 0 Å². The summed E-state index contributed by atoms with van der Waals surface area (Å²) in [5.41, 5.74) is 0.845. The van der Waals surface area contributed by atoms with Crippen LogP contribution in [0.5, 0.6) is 0 Å². The molecule has 0 aliphatic rings. The van der Waals surface area contributed by atoms with Gasteiger partial charge in [-0.1, -0.05) is 17.7 Å². The Balaban J connectivity index is 2.46. The smallest absolute Gasteiger partial charge is 0.124 e. The third kappa shape index (κ3) is 4.20. The van der Waals surface area contributed by atoms with Crippen molar-refractivity contribution in [2.24, 2.45) is 0 Å². The van der Waals surface area contributed by atoms with Crippen molar-refractivity contribution in [3.8, 4) is 0 Å². The third-order valence-electron chi connectivity index (χ3n) is 2.33. The number of nitrogens with one attached hydrogen (secondary N) is 1. The summed E-state index contributed by atoms with van der Waals surface area (Å²) in [7, 11) is -0.833. The van der Waals surface area contributed by atoms with E-state index in [0.29, 0.717) is 18.1 Å². The molecule has 0 saturated heterocycles. The van der Waals surface area contributed by atoms with Gasteiger partial charge in [0.15, 0.2) is 0 Å². The molecule has 90 valence electrons. The molecule has 5 heteroatoms. The topological polar surface area (TPSA) is 29.1 Å². The number of halogens is 2. The van der Waals surface area contributed by atoms with E-state index in [9.17, 15) is 8.60 Å². The minimum Gasteiger partial charge on any atom is -0.311 e. The molecule has 2 atom stereocenters. The minimum atomic E-state index is -0.833. The zero-order chi connectivity index (χ0) is 12.1. The average Bonchev–Trinajstić information content (AvgIpc) is 2.20. The lowest BCUT2D eigenvalue weighted by molar-refractivity contribution is 0.624. The molecule has 16 heavy (non-hydrogen) atoms. The second kappa shape index (κ2) is 6.33. The molecule has 0 heterocycles. The van der Waals surface area contributed by atoms with Crippen LogP contribution in [0.1, 0.15) is 12.5 Å². The first kappa shape index (κ1) is 13.6. The number of rotatable bonds is 5. The van der Waals surface area contributed by atoms with Gasteiger partial charge in [0.05, 0.1) is 0 Å². The second-order valence-corrected chi connectivity index (χ2v) is 5.88. The Labute approximate surface area is 103 Å². The molecule has 1 aromatic rings.